The number of nitrogens with two attached hydrogens (primary N) is 1. The zero-order chi connectivity index (χ0) is 24.7. The van der Waals surface area contributed by atoms with Gasteiger partial charge >= 0.3 is 5.97 Å². The summed E-state index contributed by atoms with van der Waals surface area (Å²) >= 11 is 0. The summed E-state index contributed by atoms with van der Waals surface area (Å²) in [6.07, 6.45) is 13.9. The molecule has 0 aliphatic heterocycles. The van der Waals surface area contributed by atoms with Crippen molar-refractivity contribution in [2.75, 3.05) is 20.2 Å². The van der Waals surface area contributed by atoms with Crippen LogP contribution >= 0.6 is 0 Å². The molecule has 33 heavy (non-hydrogen) atoms. The monoisotopic (exact) mass is 465 g/mol. The van der Waals surface area contributed by atoms with E-state index in [9.17, 15) is 4.79 Å². The van der Waals surface area contributed by atoms with Crippen LogP contribution in [0.2, 0.25) is 0 Å². The highest BCUT2D eigenvalue weighted by molar-refractivity contribution is 5.78. The predicted molar refractivity (Wildman–Crippen MR) is 139 cm³/mol. The van der Waals surface area contributed by atoms with Crippen LogP contribution in [0.1, 0.15) is 112 Å². The van der Waals surface area contributed by atoms with Crippen molar-refractivity contribution >= 4 is 5.97 Å². The maximum atomic E-state index is 13.0. The van der Waals surface area contributed by atoms with Crippen molar-refractivity contribution in [2.45, 2.75) is 130 Å². The van der Waals surface area contributed by atoms with Crippen molar-refractivity contribution < 1.29 is 9.53 Å². The van der Waals surface area contributed by atoms with Crippen LogP contribution < -0.4 is 16.4 Å². The molecule has 0 bridgehead atoms. The number of carbonyl (C=O) groups is 1. The second-order valence-corrected chi connectivity index (χ2v) is 13.2. The fourth-order valence-corrected chi connectivity index (χ4v) is 6.09. The van der Waals surface area contributed by atoms with E-state index < -0.39 is 11.0 Å². The fraction of sp³-hybridized carbons (Fsp3) is 0.964. The van der Waals surface area contributed by atoms with E-state index >= 15 is 0 Å². The van der Waals surface area contributed by atoms with Crippen LogP contribution in [0.5, 0.6) is 0 Å². The van der Waals surface area contributed by atoms with Gasteiger partial charge in [-0.1, -0.05) is 20.8 Å². The SMILES string of the molecule is CNC1CCC(CC2CCC(NCCCOC(=O)C(C)(CC(C)(C)C)C(C)(C)N)CC2)CC1. The molecule has 4 N–H and O–H groups in total. The first-order valence-corrected chi connectivity index (χ1v) is 13.7. The van der Waals surface area contributed by atoms with E-state index in [1.54, 1.807) is 0 Å². The molecule has 0 spiro atoms. The Labute approximate surface area is 204 Å². The molecule has 2 aliphatic rings. The molecule has 0 saturated heterocycles. The number of nitrogens with one attached hydrogen (secondary N) is 2. The molecule has 0 aromatic rings. The predicted octanol–water partition coefficient (Wildman–Crippen LogP) is 5.42. The summed E-state index contributed by atoms with van der Waals surface area (Å²) in [6.45, 7) is 13.7. The summed E-state index contributed by atoms with van der Waals surface area (Å²) in [5.41, 5.74) is 5.11. The lowest BCUT2D eigenvalue weighted by Gasteiger charge is -2.43. The third kappa shape index (κ3) is 9.14. The van der Waals surface area contributed by atoms with Gasteiger partial charge < -0.3 is 21.1 Å². The molecule has 0 heterocycles. The molecule has 2 fully saturated rings. The van der Waals surface area contributed by atoms with Gasteiger partial charge in [0.15, 0.2) is 0 Å². The maximum Gasteiger partial charge on any atom is 0.313 e. The largest absolute Gasteiger partial charge is 0.465 e. The average Bonchev–Trinajstić information content (AvgIpc) is 2.73. The van der Waals surface area contributed by atoms with Crippen LogP contribution in [0.15, 0.2) is 0 Å². The van der Waals surface area contributed by atoms with Gasteiger partial charge in [-0.3, -0.25) is 4.79 Å². The highest BCUT2D eigenvalue weighted by Crippen LogP contribution is 2.41. The number of ether oxygens (including phenoxy) is 1. The first kappa shape index (κ1) is 28.6. The third-order valence-corrected chi connectivity index (χ3v) is 8.51. The fourth-order valence-electron chi connectivity index (χ4n) is 6.09. The van der Waals surface area contributed by atoms with Gasteiger partial charge in [-0.2, -0.15) is 0 Å². The first-order valence-electron chi connectivity index (χ1n) is 13.7. The van der Waals surface area contributed by atoms with Gasteiger partial charge in [-0.05, 0) is 122 Å². The minimum absolute atomic E-state index is 0.0108. The molecular weight excluding hydrogens is 410 g/mol. The van der Waals surface area contributed by atoms with E-state index in [0.717, 1.165) is 30.8 Å². The van der Waals surface area contributed by atoms with E-state index in [-0.39, 0.29) is 11.4 Å². The Balaban J connectivity index is 1.62. The molecule has 0 amide bonds. The highest BCUT2D eigenvalue weighted by atomic mass is 16.5. The summed E-state index contributed by atoms with van der Waals surface area (Å²) in [7, 11) is 2.11. The molecule has 5 nitrogen and oxygen atoms in total. The zero-order valence-corrected chi connectivity index (χ0v) is 22.9. The van der Waals surface area contributed by atoms with Gasteiger partial charge in [0.25, 0.3) is 0 Å². The second-order valence-electron chi connectivity index (χ2n) is 13.2. The normalized spacial score (nSPS) is 28.8. The minimum Gasteiger partial charge on any atom is -0.465 e. The smallest absolute Gasteiger partial charge is 0.313 e. The van der Waals surface area contributed by atoms with E-state index in [1.807, 2.05) is 20.8 Å². The lowest BCUT2D eigenvalue weighted by atomic mass is 9.65. The van der Waals surface area contributed by atoms with Crippen LogP contribution in [0.4, 0.5) is 0 Å². The van der Waals surface area contributed by atoms with Crippen LogP contribution in [0.3, 0.4) is 0 Å². The van der Waals surface area contributed by atoms with Gasteiger partial charge in [0, 0.05) is 17.6 Å². The van der Waals surface area contributed by atoms with Crippen molar-refractivity contribution in [2.24, 2.45) is 28.4 Å². The third-order valence-electron chi connectivity index (χ3n) is 8.51. The molecule has 0 aromatic heterocycles. The van der Waals surface area contributed by atoms with Gasteiger partial charge in [-0.15, -0.1) is 0 Å². The van der Waals surface area contributed by atoms with E-state index in [2.05, 4.69) is 38.5 Å². The van der Waals surface area contributed by atoms with Crippen molar-refractivity contribution in [3.8, 4) is 0 Å². The molecule has 5 heteroatoms. The molecule has 0 radical (unpaired) electrons. The average molecular weight is 466 g/mol. The Hall–Kier alpha value is -0.650. The van der Waals surface area contributed by atoms with Crippen molar-refractivity contribution in [1.82, 2.24) is 10.6 Å². The van der Waals surface area contributed by atoms with Crippen molar-refractivity contribution in [3.63, 3.8) is 0 Å². The Morgan fingerprint density at radius 3 is 1.85 bits per heavy atom. The Bertz CT molecular complexity index is 579. The van der Waals surface area contributed by atoms with Crippen molar-refractivity contribution in [3.05, 3.63) is 0 Å². The molecule has 1 atom stereocenters. The number of hydrogen-bond donors (Lipinski definition) is 3. The lowest BCUT2D eigenvalue weighted by molar-refractivity contribution is -0.161. The molecule has 0 aromatic carbocycles. The van der Waals surface area contributed by atoms with Crippen LogP contribution in [0.25, 0.3) is 0 Å². The highest BCUT2D eigenvalue weighted by Gasteiger charge is 2.48. The molecule has 1 unspecified atom stereocenters. The lowest BCUT2D eigenvalue weighted by Crippen LogP contribution is -2.55. The van der Waals surface area contributed by atoms with Crippen LogP contribution in [-0.4, -0.2) is 43.8 Å². The summed E-state index contributed by atoms with van der Waals surface area (Å²) in [4.78, 5) is 13.0. The van der Waals surface area contributed by atoms with Crippen LogP contribution in [0, 0.1) is 22.7 Å². The van der Waals surface area contributed by atoms with Gasteiger partial charge in [-0.25, -0.2) is 0 Å². The molecular formula is C28H55N3O2. The maximum absolute atomic E-state index is 13.0. The summed E-state index contributed by atoms with van der Waals surface area (Å²) in [6, 6.07) is 1.39. The van der Waals surface area contributed by atoms with Gasteiger partial charge in [0.1, 0.15) is 0 Å². The van der Waals surface area contributed by atoms with Gasteiger partial charge in [0.05, 0.1) is 12.0 Å². The number of esters is 1. The summed E-state index contributed by atoms with van der Waals surface area (Å²) in [5.74, 6) is 1.73. The Morgan fingerprint density at radius 1 is 0.879 bits per heavy atom. The minimum atomic E-state index is -0.691. The topological polar surface area (TPSA) is 76.4 Å². The van der Waals surface area contributed by atoms with Crippen molar-refractivity contribution in [1.29, 1.82) is 0 Å². The van der Waals surface area contributed by atoms with Gasteiger partial charge in [0.2, 0.25) is 0 Å². The number of carbonyl (C=O) groups excluding carboxylic acids is 1. The first-order chi connectivity index (χ1) is 15.3. The Kier molecular flexibility index (Phi) is 10.7. The summed E-state index contributed by atoms with van der Waals surface area (Å²) < 4.78 is 5.72. The second kappa shape index (κ2) is 12.4. The Morgan fingerprint density at radius 2 is 1.39 bits per heavy atom. The zero-order valence-electron chi connectivity index (χ0n) is 22.9. The molecule has 2 aliphatic carbocycles. The quantitative estimate of drug-likeness (QED) is 0.281. The summed E-state index contributed by atoms with van der Waals surface area (Å²) in [5, 5.41) is 7.17. The molecule has 194 valence electrons. The van der Waals surface area contributed by atoms with E-state index in [0.29, 0.717) is 19.1 Å². The number of hydrogen-bond acceptors (Lipinski definition) is 5. The number of rotatable bonds is 11. The van der Waals surface area contributed by atoms with Crippen LogP contribution in [-0.2, 0) is 9.53 Å². The van der Waals surface area contributed by atoms with E-state index in [1.165, 1.54) is 57.8 Å². The molecule has 2 rings (SSSR count). The molecule has 2 saturated carbocycles. The van der Waals surface area contributed by atoms with E-state index in [4.69, 9.17) is 10.5 Å². The standard InChI is InChI=1S/C28H55N3O2/c1-26(2,3)20-28(6,27(4,5)29)25(32)33-18-8-17-31-24-15-11-22(12-16-24)19-21-9-13-23(30-7)14-10-21/h21-24,30-31H,8-20,29H2,1-7H3.